The maximum atomic E-state index is 13.5. The first-order valence-corrected chi connectivity index (χ1v) is 16.7. The van der Waals surface area contributed by atoms with E-state index in [1.807, 2.05) is 126 Å². The van der Waals surface area contributed by atoms with Gasteiger partial charge in [-0.1, -0.05) is 96.6 Å². The highest BCUT2D eigenvalue weighted by atomic mass is 35.5. The molecule has 0 unspecified atom stereocenters. The molecule has 0 aliphatic rings. The molecule has 10 heteroatoms. The normalized spacial score (nSPS) is 11.9. The van der Waals surface area contributed by atoms with Gasteiger partial charge in [0.1, 0.15) is 23.8 Å². The molecule has 0 aliphatic carbocycles. The Hall–Kier alpha value is -5.51. The van der Waals surface area contributed by atoms with E-state index in [-0.39, 0.29) is 5.56 Å². The van der Waals surface area contributed by atoms with Crippen LogP contribution in [0.3, 0.4) is 0 Å². The lowest BCUT2D eigenvalue weighted by molar-refractivity contribution is 0.306. The molecule has 7 rings (SSSR count). The van der Waals surface area contributed by atoms with Gasteiger partial charge in [-0.3, -0.25) is 4.79 Å². The van der Waals surface area contributed by atoms with Crippen molar-refractivity contribution in [1.29, 1.82) is 0 Å². The maximum absolute atomic E-state index is 13.5. The van der Waals surface area contributed by atoms with Crippen molar-refractivity contribution in [3.8, 4) is 28.4 Å². The number of hydrogen-bond acceptors (Lipinski definition) is 7. The number of para-hydroxylation sites is 1. The molecule has 0 saturated heterocycles. The number of hydrogen-bond donors (Lipinski definition) is 0. The Bertz CT molecular complexity index is 2330. The van der Waals surface area contributed by atoms with Gasteiger partial charge in [0.25, 0.3) is 5.56 Å². The van der Waals surface area contributed by atoms with Crippen LogP contribution >= 0.6 is 22.9 Å². The van der Waals surface area contributed by atoms with Crippen LogP contribution in [0.2, 0.25) is 5.02 Å². The number of halogens is 1. The molecule has 0 spiro atoms. The third kappa shape index (κ3) is 6.92. The predicted octanol–water partition coefficient (Wildman–Crippen LogP) is 7.74. The minimum atomic E-state index is -0.241. The van der Waals surface area contributed by atoms with Crippen molar-refractivity contribution in [2.24, 2.45) is 0 Å². The van der Waals surface area contributed by atoms with Crippen LogP contribution in [0.25, 0.3) is 40.1 Å². The first-order valence-electron chi connectivity index (χ1n) is 15.5. The Morgan fingerprint density at radius 1 is 0.854 bits per heavy atom. The number of benzene rings is 4. The van der Waals surface area contributed by atoms with Gasteiger partial charge in [-0.25, -0.2) is 4.68 Å². The molecule has 0 amide bonds. The van der Waals surface area contributed by atoms with E-state index in [0.717, 1.165) is 40.1 Å². The van der Waals surface area contributed by atoms with Crippen molar-refractivity contribution < 1.29 is 9.47 Å². The first-order chi connectivity index (χ1) is 23.5. The standard InChI is InChI=1S/C38H30ClN5O3S/c1-2-21-46-31-18-15-26(16-19-31)17-20-35-40-38-44(41-35)37(45)34(48-38)23-29-24-43(30-11-4-3-5-12-30)42-36(29)27-10-8-13-32(22-27)47-25-28-9-6-7-14-33(28)39/h3-20,22-24H,2,21,25H2,1H3/b20-17+,34-23-. The number of nitrogens with zero attached hydrogens (tertiary/aromatic N) is 5. The van der Waals surface area contributed by atoms with Gasteiger partial charge < -0.3 is 9.47 Å². The van der Waals surface area contributed by atoms with E-state index in [1.165, 1.54) is 15.9 Å². The highest BCUT2D eigenvalue weighted by Gasteiger charge is 2.15. The molecular formula is C38H30ClN5O3S. The topological polar surface area (TPSA) is 83.5 Å². The number of fused-ring (bicyclic) bond motifs is 1. The van der Waals surface area contributed by atoms with Gasteiger partial charge in [-0.05, 0) is 66.6 Å². The van der Waals surface area contributed by atoms with E-state index in [1.54, 1.807) is 6.08 Å². The molecule has 0 radical (unpaired) electrons. The highest BCUT2D eigenvalue weighted by Crippen LogP contribution is 2.28. The van der Waals surface area contributed by atoms with Crippen LogP contribution in [0.4, 0.5) is 0 Å². The molecule has 7 aromatic rings. The Labute approximate surface area is 285 Å². The van der Waals surface area contributed by atoms with E-state index in [4.69, 9.17) is 26.2 Å². The largest absolute Gasteiger partial charge is 0.494 e. The average molecular weight is 672 g/mol. The minimum Gasteiger partial charge on any atom is -0.494 e. The van der Waals surface area contributed by atoms with Crippen molar-refractivity contribution >= 4 is 46.1 Å². The van der Waals surface area contributed by atoms with Gasteiger partial charge in [-0.15, -0.1) is 5.10 Å². The summed E-state index contributed by atoms with van der Waals surface area (Å²) in [5.74, 6) is 1.97. The summed E-state index contributed by atoms with van der Waals surface area (Å²) in [6, 6.07) is 33.0. The molecule has 0 N–H and O–H groups in total. The smallest absolute Gasteiger partial charge is 0.291 e. The maximum Gasteiger partial charge on any atom is 0.291 e. The minimum absolute atomic E-state index is 0.241. The number of thiazole rings is 1. The van der Waals surface area contributed by atoms with Crippen molar-refractivity contribution in [3.05, 3.63) is 152 Å². The van der Waals surface area contributed by atoms with E-state index in [2.05, 4.69) is 17.0 Å². The summed E-state index contributed by atoms with van der Waals surface area (Å²) in [6.45, 7) is 3.09. The van der Waals surface area contributed by atoms with Crippen molar-refractivity contribution in [1.82, 2.24) is 24.4 Å². The molecule has 238 valence electrons. The quantitative estimate of drug-likeness (QED) is 0.140. The Balaban J connectivity index is 1.19. The first kappa shape index (κ1) is 31.1. The second kappa shape index (κ2) is 14.1. The Morgan fingerprint density at radius 3 is 2.46 bits per heavy atom. The van der Waals surface area contributed by atoms with E-state index in [0.29, 0.717) is 45.0 Å². The SMILES string of the molecule is CCCOc1ccc(/C=C/c2nc3s/c(=C\c4cn(-c5ccccc5)nc4-c4cccc(OCc5ccccc5Cl)c4)c(=O)n3n2)cc1. The summed E-state index contributed by atoms with van der Waals surface area (Å²) >= 11 is 7.62. The number of aromatic nitrogens is 5. The van der Waals surface area contributed by atoms with E-state index in [9.17, 15) is 4.79 Å². The molecule has 4 aromatic carbocycles. The zero-order chi connectivity index (χ0) is 32.9. The number of ether oxygens (including phenoxy) is 2. The van der Waals surface area contributed by atoms with Crippen LogP contribution < -0.4 is 19.6 Å². The molecule has 8 nitrogen and oxygen atoms in total. The van der Waals surface area contributed by atoms with Gasteiger partial charge in [-0.2, -0.15) is 14.6 Å². The second-order valence-electron chi connectivity index (χ2n) is 11.0. The van der Waals surface area contributed by atoms with Crippen molar-refractivity contribution in [3.63, 3.8) is 0 Å². The van der Waals surface area contributed by atoms with Crippen LogP contribution in [0.5, 0.6) is 11.5 Å². The predicted molar refractivity (Wildman–Crippen MR) is 192 cm³/mol. The lowest BCUT2D eigenvalue weighted by Crippen LogP contribution is -2.23. The lowest BCUT2D eigenvalue weighted by Gasteiger charge is -2.09. The summed E-state index contributed by atoms with van der Waals surface area (Å²) < 4.78 is 15.4. The van der Waals surface area contributed by atoms with Crippen LogP contribution in [0.1, 0.15) is 35.9 Å². The summed E-state index contributed by atoms with van der Waals surface area (Å²) in [5.41, 5.74) is 4.86. The van der Waals surface area contributed by atoms with Crippen molar-refractivity contribution in [2.75, 3.05) is 6.61 Å². The van der Waals surface area contributed by atoms with Gasteiger partial charge in [0.15, 0.2) is 5.82 Å². The summed E-state index contributed by atoms with van der Waals surface area (Å²) in [6.07, 6.45) is 8.44. The monoisotopic (exact) mass is 671 g/mol. The molecule has 48 heavy (non-hydrogen) atoms. The summed E-state index contributed by atoms with van der Waals surface area (Å²) in [5, 5.41) is 10.1. The molecule has 0 bridgehead atoms. The van der Waals surface area contributed by atoms with Gasteiger partial charge in [0, 0.05) is 27.9 Å². The average Bonchev–Trinajstić information content (AvgIpc) is 3.81. The van der Waals surface area contributed by atoms with Crippen molar-refractivity contribution in [2.45, 2.75) is 20.0 Å². The third-order valence-corrected chi connectivity index (χ3v) is 8.81. The van der Waals surface area contributed by atoms with Crippen LogP contribution in [-0.4, -0.2) is 31.0 Å². The highest BCUT2D eigenvalue weighted by molar-refractivity contribution is 7.15. The molecular weight excluding hydrogens is 642 g/mol. The lowest BCUT2D eigenvalue weighted by atomic mass is 10.1. The molecule has 0 aliphatic heterocycles. The van der Waals surface area contributed by atoms with Crippen LogP contribution in [0.15, 0.2) is 114 Å². The summed E-state index contributed by atoms with van der Waals surface area (Å²) in [7, 11) is 0. The third-order valence-electron chi connectivity index (χ3n) is 7.49. The second-order valence-corrected chi connectivity index (χ2v) is 12.4. The fourth-order valence-electron chi connectivity index (χ4n) is 5.07. The molecule has 3 aromatic heterocycles. The number of rotatable bonds is 11. The fraction of sp³-hybridized carbons (Fsp3) is 0.105. The van der Waals surface area contributed by atoms with Crippen LogP contribution in [-0.2, 0) is 6.61 Å². The molecule has 0 saturated carbocycles. The Morgan fingerprint density at radius 2 is 1.67 bits per heavy atom. The fourth-order valence-corrected chi connectivity index (χ4v) is 6.16. The molecule has 3 heterocycles. The summed E-state index contributed by atoms with van der Waals surface area (Å²) in [4.78, 5) is 18.6. The molecule has 0 fully saturated rings. The van der Waals surface area contributed by atoms with Crippen LogP contribution in [0, 0.1) is 0 Å². The van der Waals surface area contributed by atoms with E-state index >= 15 is 0 Å². The molecule has 0 atom stereocenters. The van der Waals surface area contributed by atoms with Gasteiger partial charge in [0.05, 0.1) is 16.8 Å². The Kier molecular flexibility index (Phi) is 9.13. The zero-order valence-corrected chi connectivity index (χ0v) is 27.6. The van der Waals surface area contributed by atoms with Gasteiger partial charge in [0.2, 0.25) is 4.96 Å². The van der Waals surface area contributed by atoms with Gasteiger partial charge >= 0.3 is 0 Å². The zero-order valence-electron chi connectivity index (χ0n) is 26.0. The van der Waals surface area contributed by atoms with E-state index < -0.39 is 0 Å².